The summed E-state index contributed by atoms with van der Waals surface area (Å²) in [5, 5.41) is 11.6. The van der Waals surface area contributed by atoms with E-state index in [0.717, 1.165) is 19.4 Å². The topological polar surface area (TPSA) is 92.4 Å². The fraction of sp³-hybridized carbons (Fsp3) is 0.778. The Hall–Kier alpha value is -0.940. The Kier molecular flexibility index (Phi) is 4.03. The molecule has 1 fully saturated rings. The third-order valence-corrected chi connectivity index (χ3v) is 2.49. The number of carboxylic acids is 1. The molecule has 80 valence electrons. The molecule has 5 heteroatoms. The molecule has 0 aliphatic carbocycles. The molecule has 0 radical (unpaired) electrons. The van der Waals surface area contributed by atoms with Crippen molar-refractivity contribution in [2.24, 2.45) is 11.7 Å². The van der Waals surface area contributed by atoms with Gasteiger partial charge in [-0.25, -0.2) is 0 Å². The summed E-state index contributed by atoms with van der Waals surface area (Å²) >= 11 is 0. The average molecular weight is 200 g/mol. The number of hydrogen-bond donors (Lipinski definition) is 3. The number of rotatable bonds is 4. The maximum Gasteiger partial charge on any atom is 0.320 e. The van der Waals surface area contributed by atoms with Crippen LogP contribution in [0.25, 0.3) is 0 Å². The van der Waals surface area contributed by atoms with Gasteiger partial charge in [0.1, 0.15) is 11.8 Å². The molecule has 0 aromatic heterocycles. The lowest BCUT2D eigenvalue weighted by molar-refractivity contribution is -0.140. The smallest absolute Gasteiger partial charge is 0.320 e. The SMILES string of the molecule is NC(CC(=O)C1CCCNC1)C(=O)O. The van der Waals surface area contributed by atoms with E-state index in [0.29, 0.717) is 6.54 Å². The Balaban J connectivity index is 2.36. The Morgan fingerprint density at radius 1 is 1.57 bits per heavy atom. The van der Waals surface area contributed by atoms with E-state index in [1.807, 2.05) is 0 Å². The molecule has 5 nitrogen and oxygen atoms in total. The van der Waals surface area contributed by atoms with Gasteiger partial charge in [0.05, 0.1) is 0 Å². The van der Waals surface area contributed by atoms with Crippen molar-refractivity contribution in [3.05, 3.63) is 0 Å². The molecule has 0 amide bonds. The molecule has 1 rings (SSSR count). The van der Waals surface area contributed by atoms with Crippen molar-refractivity contribution in [2.45, 2.75) is 25.3 Å². The third-order valence-electron chi connectivity index (χ3n) is 2.49. The van der Waals surface area contributed by atoms with Crippen molar-refractivity contribution in [1.29, 1.82) is 0 Å². The van der Waals surface area contributed by atoms with Crippen LogP contribution in [0.2, 0.25) is 0 Å². The van der Waals surface area contributed by atoms with E-state index in [-0.39, 0.29) is 18.1 Å². The standard InChI is InChI=1S/C9H16N2O3/c10-7(9(13)14)4-8(12)6-2-1-3-11-5-6/h6-7,11H,1-5,10H2,(H,13,14). The highest BCUT2D eigenvalue weighted by Gasteiger charge is 2.24. The zero-order valence-electron chi connectivity index (χ0n) is 8.03. The molecule has 4 N–H and O–H groups in total. The minimum Gasteiger partial charge on any atom is -0.480 e. The molecule has 2 atom stereocenters. The number of carbonyl (C=O) groups excluding carboxylic acids is 1. The number of hydrogen-bond acceptors (Lipinski definition) is 4. The van der Waals surface area contributed by atoms with Crippen LogP contribution in [0.15, 0.2) is 0 Å². The molecule has 1 aliphatic rings. The van der Waals surface area contributed by atoms with Crippen molar-refractivity contribution < 1.29 is 14.7 Å². The molecule has 0 aromatic carbocycles. The van der Waals surface area contributed by atoms with Crippen molar-refractivity contribution in [3.8, 4) is 0 Å². The first kappa shape index (κ1) is 11.1. The first-order valence-corrected chi connectivity index (χ1v) is 4.83. The molecule has 2 unspecified atom stereocenters. The van der Waals surface area contributed by atoms with Crippen LogP contribution < -0.4 is 11.1 Å². The van der Waals surface area contributed by atoms with Crippen molar-refractivity contribution in [2.75, 3.05) is 13.1 Å². The summed E-state index contributed by atoms with van der Waals surface area (Å²) in [4.78, 5) is 22.0. The predicted octanol–water partition coefficient (Wildman–Crippen LogP) is -0.643. The highest BCUT2D eigenvalue weighted by molar-refractivity contribution is 5.87. The second kappa shape index (κ2) is 5.07. The summed E-state index contributed by atoms with van der Waals surface area (Å²) in [5.74, 6) is -1.19. The quantitative estimate of drug-likeness (QED) is 0.561. The summed E-state index contributed by atoms with van der Waals surface area (Å²) in [6.45, 7) is 1.60. The molecule has 1 aliphatic heterocycles. The average Bonchev–Trinajstić information content (AvgIpc) is 2.19. The van der Waals surface area contributed by atoms with Gasteiger partial charge in [-0.3, -0.25) is 9.59 Å². The van der Waals surface area contributed by atoms with Crippen molar-refractivity contribution >= 4 is 11.8 Å². The summed E-state index contributed by atoms with van der Waals surface area (Å²) in [5.41, 5.74) is 5.28. The minimum atomic E-state index is -1.11. The van der Waals surface area contributed by atoms with E-state index >= 15 is 0 Å². The molecule has 1 heterocycles. The zero-order chi connectivity index (χ0) is 10.6. The molecule has 0 spiro atoms. The second-order valence-corrected chi connectivity index (χ2v) is 3.66. The maximum absolute atomic E-state index is 11.5. The number of carboxylic acid groups (broad SMARTS) is 1. The number of piperidine rings is 1. The zero-order valence-corrected chi connectivity index (χ0v) is 8.03. The summed E-state index contributed by atoms with van der Waals surface area (Å²) in [7, 11) is 0. The van der Waals surface area contributed by atoms with Gasteiger partial charge < -0.3 is 16.2 Å². The van der Waals surface area contributed by atoms with Crippen LogP contribution in [-0.2, 0) is 9.59 Å². The Morgan fingerprint density at radius 2 is 2.29 bits per heavy atom. The Bertz CT molecular complexity index is 224. The predicted molar refractivity (Wildman–Crippen MR) is 50.8 cm³/mol. The summed E-state index contributed by atoms with van der Waals surface area (Å²) < 4.78 is 0. The molecule has 0 aromatic rings. The lowest BCUT2D eigenvalue weighted by Gasteiger charge is -2.22. The normalized spacial score (nSPS) is 24.2. The summed E-state index contributed by atoms with van der Waals surface area (Å²) in [6.07, 6.45) is 1.76. The van der Waals surface area contributed by atoms with Crippen LogP contribution in [0.5, 0.6) is 0 Å². The largest absolute Gasteiger partial charge is 0.480 e. The van der Waals surface area contributed by atoms with E-state index in [2.05, 4.69) is 5.32 Å². The van der Waals surface area contributed by atoms with Gasteiger partial charge in [0.15, 0.2) is 0 Å². The van der Waals surface area contributed by atoms with Gasteiger partial charge >= 0.3 is 5.97 Å². The van der Waals surface area contributed by atoms with Crippen LogP contribution in [0.1, 0.15) is 19.3 Å². The lowest BCUT2D eigenvalue weighted by atomic mass is 9.91. The Morgan fingerprint density at radius 3 is 2.79 bits per heavy atom. The number of ketones is 1. The van der Waals surface area contributed by atoms with Crippen LogP contribution in [0.4, 0.5) is 0 Å². The fourth-order valence-electron chi connectivity index (χ4n) is 1.60. The fourth-order valence-corrected chi connectivity index (χ4v) is 1.60. The molecular formula is C9H16N2O3. The number of carbonyl (C=O) groups is 2. The molecular weight excluding hydrogens is 184 g/mol. The van der Waals surface area contributed by atoms with Gasteiger partial charge in [-0.05, 0) is 19.4 Å². The number of aliphatic carboxylic acids is 1. The van der Waals surface area contributed by atoms with Gasteiger partial charge in [-0.1, -0.05) is 0 Å². The van der Waals surface area contributed by atoms with Gasteiger partial charge in [0, 0.05) is 18.9 Å². The van der Waals surface area contributed by atoms with E-state index in [1.54, 1.807) is 0 Å². The first-order valence-electron chi connectivity index (χ1n) is 4.83. The highest BCUT2D eigenvalue weighted by atomic mass is 16.4. The van der Waals surface area contributed by atoms with Crippen LogP contribution in [-0.4, -0.2) is 36.0 Å². The van der Waals surface area contributed by atoms with Crippen LogP contribution in [0, 0.1) is 5.92 Å². The van der Waals surface area contributed by atoms with E-state index in [9.17, 15) is 9.59 Å². The maximum atomic E-state index is 11.5. The van der Waals surface area contributed by atoms with Crippen molar-refractivity contribution in [1.82, 2.24) is 5.32 Å². The first-order chi connectivity index (χ1) is 6.61. The van der Waals surface area contributed by atoms with Gasteiger partial charge in [0.2, 0.25) is 0 Å². The van der Waals surface area contributed by atoms with Gasteiger partial charge in [-0.15, -0.1) is 0 Å². The van der Waals surface area contributed by atoms with Crippen molar-refractivity contribution in [3.63, 3.8) is 0 Å². The van der Waals surface area contributed by atoms with E-state index < -0.39 is 12.0 Å². The number of nitrogens with two attached hydrogens (primary N) is 1. The van der Waals surface area contributed by atoms with Gasteiger partial charge in [-0.2, -0.15) is 0 Å². The summed E-state index contributed by atoms with van der Waals surface area (Å²) in [6, 6.07) is -1.05. The van der Waals surface area contributed by atoms with E-state index in [1.165, 1.54) is 0 Å². The molecule has 14 heavy (non-hydrogen) atoms. The number of nitrogens with one attached hydrogen (secondary N) is 1. The van der Waals surface area contributed by atoms with Gasteiger partial charge in [0.25, 0.3) is 0 Å². The molecule has 0 saturated carbocycles. The Labute approximate surface area is 82.7 Å². The minimum absolute atomic E-state index is 0.0351. The lowest BCUT2D eigenvalue weighted by Crippen LogP contribution is -2.39. The van der Waals surface area contributed by atoms with Crippen LogP contribution >= 0.6 is 0 Å². The van der Waals surface area contributed by atoms with E-state index in [4.69, 9.17) is 10.8 Å². The molecule has 1 saturated heterocycles. The van der Waals surface area contributed by atoms with Crippen LogP contribution in [0.3, 0.4) is 0 Å². The number of Topliss-reactive ketones (excluding diaryl/α,β-unsaturated/α-hetero) is 1. The monoisotopic (exact) mass is 200 g/mol. The highest BCUT2D eigenvalue weighted by Crippen LogP contribution is 2.13. The third kappa shape index (κ3) is 3.08. The molecule has 0 bridgehead atoms. The second-order valence-electron chi connectivity index (χ2n) is 3.66.